The van der Waals surface area contributed by atoms with Crippen LogP contribution < -0.4 is 5.43 Å². The molecule has 2 aromatic rings. The van der Waals surface area contributed by atoms with E-state index in [0.717, 1.165) is 10.9 Å². The van der Waals surface area contributed by atoms with Crippen LogP contribution in [0.5, 0.6) is 0 Å². The molecule has 1 radical (unpaired) electrons. The average molecular weight is 196 g/mol. The van der Waals surface area contributed by atoms with E-state index in [1.165, 1.54) is 0 Å². The molecule has 0 saturated carbocycles. The van der Waals surface area contributed by atoms with Crippen LogP contribution in [0.25, 0.3) is 10.9 Å². The standard InChI is InChI=1S/C9H7N3O.Na/c13-12-11-9-6-5-7-3-1-2-4-8(7)10-9;/h1-6H,(H,10,11,13);. The second-order valence-corrected chi connectivity index (χ2v) is 2.59. The Kier molecular flexibility index (Phi) is 4.00. The number of fused-ring (bicyclic) bond motifs is 1. The van der Waals surface area contributed by atoms with Gasteiger partial charge in [-0.1, -0.05) is 18.2 Å². The van der Waals surface area contributed by atoms with Gasteiger partial charge in [-0.15, -0.1) is 4.91 Å². The number of nitrogens with zero attached hydrogens (tertiary/aromatic N) is 2. The number of pyridine rings is 1. The Bertz CT molecular complexity index is 447. The van der Waals surface area contributed by atoms with Gasteiger partial charge in [-0.3, -0.25) is 0 Å². The smallest absolute Gasteiger partial charge is 0.149 e. The predicted molar refractivity (Wildman–Crippen MR) is 56.9 cm³/mol. The summed E-state index contributed by atoms with van der Waals surface area (Å²) in [6.45, 7) is 0. The van der Waals surface area contributed by atoms with Crippen LogP contribution in [0.3, 0.4) is 0 Å². The van der Waals surface area contributed by atoms with Crippen LogP contribution in [-0.4, -0.2) is 34.5 Å². The van der Waals surface area contributed by atoms with Crippen molar-refractivity contribution in [3.63, 3.8) is 0 Å². The summed E-state index contributed by atoms with van der Waals surface area (Å²) in [6, 6.07) is 11.3. The zero-order valence-electron chi connectivity index (χ0n) is 7.77. The molecule has 5 heteroatoms. The summed E-state index contributed by atoms with van der Waals surface area (Å²) in [4.78, 5) is 14.1. The minimum atomic E-state index is 0. The van der Waals surface area contributed by atoms with Crippen LogP contribution in [0.4, 0.5) is 5.82 Å². The topological polar surface area (TPSA) is 54.4 Å². The van der Waals surface area contributed by atoms with Gasteiger partial charge < -0.3 is 0 Å². The molecule has 2 rings (SSSR count). The number of benzene rings is 1. The van der Waals surface area contributed by atoms with Crippen LogP contribution in [0, 0.1) is 4.91 Å². The van der Waals surface area contributed by atoms with Gasteiger partial charge in [-0.2, -0.15) is 0 Å². The van der Waals surface area contributed by atoms with E-state index in [2.05, 4.69) is 15.7 Å². The second-order valence-electron chi connectivity index (χ2n) is 2.59. The normalized spacial score (nSPS) is 9.14. The van der Waals surface area contributed by atoms with Gasteiger partial charge in [-0.25, -0.2) is 10.4 Å². The van der Waals surface area contributed by atoms with Gasteiger partial charge in [0.2, 0.25) is 0 Å². The summed E-state index contributed by atoms with van der Waals surface area (Å²) in [5.74, 6) is 0.466. The zero-order valence-corrected chi connectivity index (χ0v) is 9.77. The Hall–Kier alpha value is -0.970. The van der Waals surface area contributed by atoms with E-state index in [-0.39, 0.29) is 29.6 Å². The first-order valence-electron chi connectivity index (χ1n) is 3.84. The average Bonchev–Trinajstić information content (AvgIpc) is 2.18. The van der Waals surface area contributed by atoms with E-state index in [1.807, 2.05) is 30.3 Å². The molecule has 1 heterocycles. The van der Waals surface area contributed by atoms with Gasteiger partial charge in [0.05, 0.1) is 10.8 Å². The Labute approximate surface area is 103 Å². The zero-order chi connectivity index (χ0) is 9.10. The van der Waals surface area contributed by atoms with Crippen molar-refractivity contribution in [2.24, 2.45) is 5.29 Å². The predicted octanol–water partition coefficient (Wildman–Crippen LogP) is 1.95. The van der Waals surface area contributed by atoms with Crippen LogP contribution in [-0.2, 0) is 0 Å². The molecule has 0 spiro atoms. The third kappa shape index (κ3) is 2.29. The quantitative estimate of drug-likeness (QED) is 0.453. The minimum Gasteiger partial charge on any atom is -0.229 e. The molecule has 0 atom stereocenters. The third-order valence-electron chi connectivity index (χ3n) is 1.76. The molecule has 14 heavy (non-hydrogen) atoms. The molecule has 65 valence electrons. The third-order valence-corrected chi connectivity index (χ3v) is 1.76. The van der Waals surface area contributed by atoms with E-state index in [9.17, 15) is 4.91 Å². The Morgan fingerprint density at radius 1 is 1.14 bits per heavy atom. The summed E-state index contributed by atoms with van der Waals surface area (Å²) in [6.07, 6.45) is 0. The molecule has 0 amide bonds. The number of nitrogens with one attached hydrogen (secondary N) is 1. The maximum absolute atomic E-state index is 9.91. The van der Waals surface area contributed by atoms with Gasteiger partial charge in [0.1, 0.15) is 5.82 Å². The number of rotatable bonds is 2. The second kappa shape index (κ2) is 5.05. The molecular formula is C9H7N3NaO. The molecule has 0 aliphatic rings. The number of hydrogen-bond donors (Lipinski definition) is 1. The molecule has 1 aromatic heterocycles. The van der Waals surface area contributed by atoms with Crippen molar-refractivity contribution < 1.29 is 0 Å². The van der Waals surface area contributed by atoms with E-state index >= 15 is 0 Å². The molecule has 0 aliphatic carbocycles. The first-order chi connectivity index (χ1) is 6.40. The van der Waals surface area contributed by atoms with Crippen LogP contribution in [0.15, 0.2) is 41.7 Å². The van der Waals surface area contributed by atoms with Crippen LogP contribution in [0.1, 0.15) is 0 Å². The van der Waals surface area contributed by atoms with Crippen molar-refractivity contribution in [1.29, 1.82) is 0 Å². The molecule has 0 bridgehead atoms. The fourth-order valence-electron chi connectivity index (χ4n) is 1.18. The summed E-state index contributed by atoms with van der Waals surface area (Å²) >= 11 is 0. The van der Waals surface area contributed by atoms with Gasteiger partial charge in [0.15, 0.2) is 0 Å². The van der Waals surface area contributed by atoms with Crippen molar-refractivity contribution in [2.75, 3.05) is 5.43 Å². The molecule has 0 saturated heterocycles. The van der Waals surface area contributed by atoms with Gasteiger partial charge in [0.25, 0.3) is 0 Å². The van der Waals surface area contributed by atoms with E-state index in [1.54, 1.807) is 6.07 Å². The molecular weight excluding hydrogens is 189 g/mol. The molecule has 4 nitrogen and oxygen atoms in total. The van der Waals surface area contributed by atoms with Crippen molar-refractivity contribution >= 4 is 46.3 Å². The Morgan fingerprint density at radius 2 is 1.93 bits per heavy atom. The van der Waals surface area contributed by atoms with Gasteiger partial charge in [0, 0.05) is 34.9 Å². The summed E-state index contributed by atoms with van der Waals surface area (Å²) in [7, 11) is 0. The summed E-state index contributed by atoms with van der Waals surface area (Å²) in [5, 5.41) is 3.59. The number of para-hydroxylation sites is 1. The molecule has 0 fully saturated rings. The van der Waals surface area contributed by atoms with Crippen molar-refractivity contribution in [3.05, 3.63) is 41.3 Å². The number of anilines is 1. The number of nitroso groups, excluding NO2 is 1. The first-order valence-corrected chi connectivity index (χ1v) is 3.84. The molecule has 0 aliphatic heterocycles. The first kappa shape index (κ1) is 11.1. The monoisotopic (exact) mass is 196 g/mol. The van der Waals surface area contributed by atoms with Crippen molar-refractivity contribution in [2.45, 2.75) is 0 Å². The fourth-order valence-corrected chi connectivity index (χ4v) is 1.18. The van der Waals surface area contributed by atoms with E-state index < -0.39 is 0 Å². The van der Waals surface area contributed by atoms with Crippen LogP contribution >= 0.6 is 0 Å². The van der Waals surface area contributed by atoms with Crippen molar-refractivity contribution in [1.82, 2.24) is 4.98 Å². The fraction of sp³-hybridized carbons (Fsp3) is 0. The number of aromatic nitrogens is 1. The number of hydrogen-bond acceptors (Lipinski definition) is 3. The SMILES string of the molecule is O=NNc1ccc2ccccc2n1.[Na]. The van der Waals surface area contributed by atoms with E-state index in [0.29, 0.717) is 5.82 Å². The maximum Gasteiger partial charge on any atom is 0.149 e. The summed E-state index contributed by atoms with van der Waals surface area (Å²) < 4.78 is 0. The Balaban J connectivity index is 0.000000980. The van der Waals surface area contributed by atoms with Gasteiger partial charge in [-0.05, 0) is 18.2 Å². The largest absolute Gasteiger partial charge is 0.229 e. The minimum absolute atomic E-state index is 0. The van der Waals surface area contributed by atoms with Gasteiger partial charge >= 0.3 is 0 Å². The molecule has 1 N–H and O–H groups in total. The van der Waals surface area contributed by atoms with Crippen LogP contribution in [0.2, 0.25) is 0 Å². The maximum atomic E-state index is 9.91. The molecule has 1 aromatic carbocycles. The van der Waals surface area contributed by atoms with Crippen molar-refractivity contribution in [3.8, 4) is 0 Å². The summed E-state index contributed by atoms with van der Waals surface area (Å²) in [5.41, 5.74) is 3.10. The van der Waals surface area contributed by atoms with E-state index in [4.69, 9.17) is 0 Å². The Morgan fingerprint density at radius 3 is 2.71 bits per heavy atom. The molecule has 0 unspecified atom stereocenters.